The molecule has 40 heavy (non-hydrogen) atoms. The fourth-order valence-electron chi connectivity index (χ4n) is 6.64. The number of aromatic nitrogens is 3. The van der Waals surface area contributed by atoms with Crippen LogP contribution in [-0.2, 0) is 31.7 Å². The summed E-state index contributed by atoms with van der Waals surface area (Å²) in [5.41, 5.74) is 0.698. The topological polar surface area (TPSA) is 83.3 Å². The van der Waals surface area contributed by atoms with Crippen LogP contribution in [0, 0.1) is 5.92 Å². The Morgan fingerprint density at radius 1 is 1.20 bits per heavy atom. The van der Waals surface area contributed by atoms with E-state index < -0.39 is 29.2 Å². The van der Waals surface area contributed by atoms with Gasteiger partial charge >= 0.3 is 6.18 Å². The number of aryl methyl sites for hydroxylation is 1. The van der Waals surface area contributed by atoms with Crippen LogP contribution in [0.5, 0.6) is 0 Å². The van der Waals surface area contributed by atoms with Crippen LogP contribution in [0.4, 0.5) is 18.9 Å². The van der Waals surface area contributed by atoms with E-state index in [4.69, 9.17) is 0 Å². The molecule has 2 aliphatic carbocycles. The van der Waals surface area contributed by atoms with Crippen molar-refractivity contribution in [1.82, 2.24) is 20.1 Å². The molecule has 1 atom stereocenters. The molecule has 0 spiro atoms. The Hall–Kier alpha value is -3.24. The summed E-state index contributed by atoms with van der Waals surface area (Å²) in [5, 5.41) is 22.0. The van der Waals surface area contributed by atoms with Gasteiger partial charge in [0.25, 0.3) is 5.91 Å². The number of rotatable bonds is 7. The van der Waals surface area contributed by atoms with Crippen molar-refractivity contribution in [3.63, 3.8) is 0 Å². The molecule has 1 aliphatic heterocycles. The van der Waals surface area contributed by atoms with E-state index in [1.165, 1.54) is 11.0 Å². The minimum Gasteiger partial charge on any atom is -0.393 e. The summed E-state index contributed by atoms with van der Waals surface area (Å²) in [6.45, 7) is 3.98. The third kappa shape index (κ3) is 4.41. The number of nitrogens with one attached hydrogen (secondary N) is 1. The maximum Gasteiger partial charge on any atom is 0.416 e. The first-order valence-corrected chi connectivity index (χ1v) is 13.8. The molecule has 6 rings (SSSR count). The number of aliphatic hydroxyl groups excluding tert-OH is 1. The lowest BCUT2D eigenvalue weighted by atomic mass is 9.56. The first-order chi connectivity index (χ1) is 18.9. The van der Waals surface area contributed by atoms with Crippen molar-refractivity contribution in [1.29, 1.82) is 0 Å². The number of fused-ring (bicyclic) bond motifs is 1. The van der Waals surface area contributed by atoms with Crippen molar-refractivity contribution in [2.45, 2.75) is 82.3 Å². The largest absolute Gasteiger partial charge is 0.416 e. The Morgan fingerprint density at radius 2 is 1.95 bits per heavy atom. The summed E-state index contributed by atoms with van der Waals surface area (Å²) in [6, 6.07) is 10.2. The fraction of sp³-hybridized carbons (Fsp3) is 0.500. The summed E-state index contributed by atoms with van der Waals surface area (Å²) in [5.74, 6) is 0.411. The number of carbonyl (C=O) groups is 1. The van der Waals surface area contributed by atoms with E-state index >= 15 is 0 Å². The van der Waals surface area contributed by atoms with E-state index in [-0.39, 0.29) is 35.7 Å². The van der Waals surface area contributed by atoms with Gasteiger partial charge < -0.3 is 19.9 Å². The van der Waals surface area contributed by atoms with Crippen LogP contribution in [0.1, 0.15) is 84.4 Å². The molecule has 212 valence electrons. The minimum absolute atomic E-state index is 0.0161. The summed E-state index contributed by atoms with van der Waals surface area (Å²) in [4.78, 5) is 15.1. The zero-order chi connectivity index (χ0) is 28.4. The minimum atomic E-state index is -4.57. The van der Waals surface area contributed by atoms with E-state index in [2.05, 4.69) is 22.4 Å². The average molecular weight is 554 g/mol. The number of aliphatic hydroxyl groups is 1. The van der Waals surface area contributed by atoms with Gasteiger partial charge in [0.05, 0.1) is 23.6 Å². The third-order valence-electron chi connectivity index (χ3n) is 9.34. The SMILES string of the molecule is CC(O)C1CC(c2cccc(N3Cc4c(cc(CNC5(C)CCC5)cc4C(F)(F)F)C3=O)c2)(c2nncn2C)C1. The Morgan fingerprint density at radius 3 is 2.55 bits per heavy atom. The number of hydrogen-bond acceptors (Lipinski definition) is 5. The second-order valence-corrected chi connectivity index (χ2v) is 12.1. The molecule has 2 fully saturated rings. The Balaban J connectivity index is 1.34. The molecule has 0 bridgehead atoms. The highest BCUT2D eigenvalue weighted by atomic mass is 19.4. The van der Waals surface area contributed by atoms with Gasteiger partial charge in [0.1, 0.15) is 12.2 Å². The maximum atomic E-state index is 14.2. The molecule has 7 nitrogen and oxygen atoms in total. The zero-order valence-electron chi connectivity index (χ0n) is 22.9. The van der Waals surface area contributed by atoms with Gasteiger partial charge in [-0.05, 0) is 92.8 Å². The number of carbonyl (C=O) groups excluding carboxylic acids is 1. The molecule has 2 N–H and O–H groups in total. The zero-order valence-corrected chi connectivity index (χ0v) is 22.9. The lowest BCUT2D eigenvalue weighted by Gasteiger charge is -2.48. The second-order valence-electron chi connectivity index (χ2n) is 12.1. The third-order valence-corrected chi connectivity index (χ3v) is 9.34. The molecule has 2 heterocycles. The summed E-state index contributed by atoms with van der Waals surface area (Å²) >= 11 is 0. The van der Waals surface area contributed by atoms with Crippen LogP contribution >= 0.6 is 0 Å². The van der Waals surface area contributed by atoms with Gasteiger partial charge in [0.2, 0.25) is 0 Å². The second kappa shape index (κ2) is 9.41. The Bertz CT molecular complexity index is 1450. The van der Waals surface area contributed by atoms with E-state index in [9.17, 15) is 23.1 Å². The molecule has 3 aliphatic rings. The van der Waals surface area contributed by atoms with Crippen molar-refractivity contribution in [3.05, 3.63) is 76.4 Å². The molecule has 1 unspecified atom stereocenters. The summed E-state index contributed by atoms with van der Waals surface area (Å²) in [6.07, 6.45) is 0.970. The number of hydrogen-bond donors (Lipinski definition) is 2. The molecular weight excluding hydrogens is 519 g/mol. The highest BCUT2D eigenvalue weighted by Crippen LogP contribution is 2.53. The van der Waals surface area contributed by atoms with Gasteiger partial charge in [0, 0.05) is 30.4 Å². The Labute approximate surface area is 231 Å². The quantitative estimate of drug-likeness (QED) is 0.425. The molecule has 10 heteroatoms. The first-order valence-electron chi connectivity index (χ1n) is 13.8. The van der Waals surface area contributed by atoms with E-state index in [1.807, 2.05) is 29.8 Å². The molecule has 3 aromatic rings. The number of benzene rings is 2. The van der Waals surface area contributed by atoms with Gasteiger partial charge in [-0.1, -0.05) is 12.1 Å². The molecule has 0 radical (unpaired) electrons. The van der Waals surface area contributed by atoms with Crippen LogP contribution in [0.15, 0.2) is 42.7 Å². The van der Waals surface area contributed by atoms with Crippen molar-refractivity contribution < 1.29 is 23.1 Å². The summed E-state index contributed by atoms with van der Waals surface area (Å²) < 4.78 is 44.5. The lowest BCUT2D eigenvalue weighted by molar-refractivity contribution is -0.138. The number of nitrogens with zero attached hydrogens (tertiary/aromatic N) is 4. The molecule has 0 saturated heterocycles. The standard InChI is InChI=1S/C30H34F3N5O2/c1-18(39)20-13-29(14-20,27-36-35-17-37(27)3)21-6-4-7-22(12-21)38-16-24-23(26(38)40)10-19(11-25(24)30(31,32)33)15-34-28(2)8-5-9-28/h4,6-7,10-12,17-18,20,34,39H,5,8-9,13-16H2,1-3H3. The number of amides is 1. The first kappa shape index (κ1) is 27.0. The fourth-order valence-corrected chi connectivity index (χ4v) is 6.64. The highest BCUT2D eigenvalue weighted by molar-refractivity contribution is 6.10. The molecule has 2 aromatic carbocycles. The molecule has 1 aromatic heterocycles. The van der Waals surface area contributed by atoms with Crippen LogP contribution in [0.3, 0.4) is 0 Å². The monoisotopic (exact) mass is 553 g/mol. The van der Waals surface area contributed by atoms with Gasteiger partial charge in [-0.25, -0.2) is 0 Å². The van der Waals surface area contributed by atoms with Crippen molar-refractivity contribution in [3.8, 4) is 0 Å². The van der Waals surface area contributed by atoms with Crippen LogP contribution < -0.4 is 10.2 Å². The predicted octanol–water partition coefficient (Wildman–Crippen LogP) is 5.10. The maximum absolute atomic E-state index is 14.2. The van der Waals surface area contributed by atoms with Gasteiger partial charge in [-0.2, -0.15) is 13.2 Å². The normalized spacial score (nSPS) is 24.4. The lowest BCUT2D eigenvalue weighted by Crippen LogP contribution is -2.47. The predicted molar refractivity (Wildman–Crippen MR) is 144 cm³/mol. The Kier molecular flexibility index (Phi) is 6.34. The van der Waals surface area contributed by atoms with E-state index in [1.54, 1.807) is 25.4 Å². The van der Waals surface area contributed by atoms with Crippen molar-refractivity contribution in [2.75, 3.05) is 4.90 Å². The number of alkyl halides is 3. The van der Waals surface area contributed by atoms with Crippen molar-refractivity contribution >= 4 is 11.6 Å². The number of anilines is 1. The highest BCUT2D eigenvalue weighted by Gasteiger charge is 2.51. The molecule has 2 saturated carbocycles. The molecular formula is C30H34F3N5O2. The number of halogens is 3. The molecule has 1 amide bonds. The van der Waals surface area contributed by atoms with Crippen molar-refractivity contribution in [2.24, 2.45) is 13.0 Å². The van der Waals surface area contributed by atoms with E-state index in [0.717, 1.165) is 30.7 Å². The van der Waals surface area contributed by atoms with Gasteiger partial charge in [-0.15, -0.1) is 10.2 Å². The summed E-state index contributed by atoms with van der Waals surface area (Å²) in [7, 11) is 1.87. The smallest absolute Gasteiger partial charge is 0.393 e. The van der Waals surface area contributed by atoms with Crippen LogP contribution in [0.2, 0.25) is 0 Å². The average Bonchev–Trinajstić information content (AvgIpc) is 3.43. The van der Waals surface area contributed by atoms with Crippen LogP contribution in [0.25, 0.3) is 0 Å². The van der Waals surface area contributed by atoms with Gasteiger partial charge in [0.15, 0.2) is 0 Å². The van der Waals surface area contributed by atoms with E-state index in [0.29, 0.717) is 24.1 Å². The van der Waals surface area contributed by atoms with Crippen LogP contribution in [-0.4, -0.2) is 37.4 Å². The van der Waals surface area contributed by atoms with Gasteiger partial charge in [-0.3, -0.25) is 4.79 Å².